The number of aromatic nitrogens is 1. The number of fused-ring (bicyclic) bond motifs is 9. The van der Waals surface area contributed by atoms with E-state index in [1.807, 2.05) is 12.3 Å². The molecule has 1 saturated carbocycles. The molecule has 122 valence electrons. The van der Waals surface area contributed by atoms with Crippen molar-refractivity contribution < 1.29 is 0 Å². The van der Waals surface area contributed by atoms with Gasteiger partial charge in [-0.3, -0.25) is 4.98 Å². The maximum absolute atomic E-state index is 5.14. The highest BCUT2D eigenvalue weighted by Gasteiger charge is 2.53. The Hall–Kier alpha value is -2.68. The number of nitrogens with zero attached hydrogens (tertiary/aromatic N) is 3. The van der Waals surface area contributed by atoms with Crippen LogP contribution in [0.4, 0.5) is 5.69 Å². The number of benzene rings is 1. The Balaban J connectivity index is 1.57. The van der Waals surface area contributed by atoms with E-state index in [-0.39, 0.29) is 0 Å². The van der Waals surface area contributed by atoms with E-state index in [4.69, 9.17) is 4.99 Å². The molecule has 25 heavy (non-hydrogen) atoms. The van der Waals surface area contributed by atoms with E-state index in [9.17, 15) is 0 Å². The molecule has 1 fully saturated rings. The molecule has 4 atom stereocenters. The zero-order valence-corrected chi connectivity index (χ0v) is 13.9. The molecule has 2 aliphatic carbocycles. The van der Waals surface area contributed by atoms with Gasteiger partial charge in [0.25, 0.3) is 0 Å². The number of rotatable bonds is 1. The van der Waals surface area contributed by atoms with Crippen LogP contribution in [0, 0.1) is 17.8 Å². The van der Waals surface area contributed by atoms with Crippen molar-refractivity contribution in [3.8, 4) is 0 Å². The summed E-state index contributed by atoms with van der Waals surface area (Å²) in [5.41, 5.74) is 4.98. The smallest absolute Gasteiger partial charge is 0.129 e. The van der Waals surface area contributed by atoms with Crippen LogP contribution < -0.4 is 4.90 Å². The van der Waals surface area contributed by atoms with Crippen LogP contribution in [0.15, 0.2) is 77.7 Å². The first-order valence-corrected chi connectivity index (χ1v) is 9.16. The van der Waals surface area contributed by atoms with Crippen molar-refractivity contribution in [1.82, 2.24) is 4.98 Å². The van der Waals surface area contributed by atoms with Crippen molar-refractivity contribution in [1.29, 1.82) is 0 Å². The van der Waals surface area contributed by atoms with Crippen LogP contribution in [0.25, 0.3) is 0 Å². The van der Waals surface area contributed by atoms with Crippen LogP contribution in [-0.4, -0.2) is 16.7 Å². The molecular weight excluding hydrogens is 306 g/mol. The van der Waals surface area contributed by atoms with Crippen LogP contribution in [-0.2, 0) is 6.42 Å². The Morgan fingerprint density at radius 1 is 0.960 bits per heavy atom. The zero-order chi connectivity index (χ0) is 16.4. The highest BCUT2D eigenvalue weighted by Crippen LogP contribution is 2.52. The summed E-state index contributed by atoms with van der Waals surface area (Å²) < 4.78 is 0. The minimum atomic E-state index is 0.438. The summed E-state index contributed by atoms with van der Waals surface area (Å²) in [6, 6.07) is 15.4. The van der Waals surface area contributed by atoms with Crippen LogP contribution >= 0.6 is 0 Å². The lowest BCUT2D eigenvalue weighted by molar-refractivity contribution is 0.462. The predicted molar refractivity (Wildman–Crippen MR) is 99.5 cm³/mol. The van der Waals surface area contributed by atoms with E-state index >= 15 is 0 Å². The van der Waals surface area contributed by atoms with Gasteiger partial charge in [0, 0.05) is 17.8 Å². The van der Waals surface area contributed by atoms with E-state index in [0.717, 1.165) is 17.9 Å². The summed E-state index contributed by atoms with van der Waals surface area (Å²) >= 11 is 0. The van der Waals surface area contributed by atoms with Gasteiger partial charge in [0.2, 0.25) is 0 Å². The summed E-state index contributed by atoms with van der Waals surface area (Å²) in [5.74, 6) is 2.75. The maximum atomic E-state index is 5.14. The molecule has 2 aromatic rings. The SMILES string of the molecule is C1=CC2CC1C1C(c3ccccn3)=NC3=CCc4ccccc4N3C21. The lowest BCUT2D eigenvalue weighted by Crippen LogP contribution is -2.50. The Bertz CT molecular complexity index is 941. The van der Waals surface area contributed by atoms with Gasteiger partial charge in [-0.1, -0.05) is 36.4 Å². The number of hydrogen-bond acceptors (Lipinski definition) is 3. The first-order valence-electron chi connectivity index (χ1n) is 9.16. The molecule has 6 rings (SSSR count). The molecule has 2 aliphatic heterocycles. The average Bonchev–Trinajstić information content (AvgIpc) is 3.30. The Morgan fingerprint density at radius 3 is 2.76 bits per heavy atom. The van der Waals surface area contributed by atoms with E-state index in [0.29, 0.717) is 23.8 Å². The lowest BCUT2D eigenvalue weighted by Gasteiger charge is -2.45. The van der Waals surface area contributed by atoms with E-state index in [1.54, 1.807) is 0 Å². The quantitative estimate of drug-likeness (QED) is 0.742. The van der Waals surface area contributed by atoms with Crippen molar-refractivity contribution in [2.75, 3.05) is 4.90 Å². The normalized spacial score (nSPS) is 31.1. The van der Waals surface area contributed by atoms with E-state index < -0.39 is 0 Å². The molecule has 3 nitrogen and oxygen atoms in total. The molecule has 0 N–H and O–H groups in total. The molecule has 1 aromatic heterocycles. The summed E-state index contributed by atoms with van der Waals surface area (Å²) in [6.45, 7) is 0. The van der Waals surface area contributed by atoms with Crippen LogP contribution in [0.1, 0.15) is 17.7 Å². The first-order chi connectivity index (χ1) is 12.4. The second-order valence-corrected chi connectivity index (χ2v) is 7.44. The van der Waals surface area contributed by atoms with Crippen molar-refractivity contribution in [2.45, 2.75) is 18.9 Å². The Labute approximate surface area is 147 Å². The standard InChI is InChI=1S/C22H19N3/c1-2-7-18-14(5-1)10-11-19-24-21(17-6-3-4-12-23-17)20-15-8-9-16(13-15)22(20)25(18)19/h1-9,11-12,15-16,20,22H,10,13H2. The monoisotopic (exact) mass is 325 g/mol. The summed E-state index contributed by atoms with van der Waals surface area (Å²) in [6.07, 6.45) is 11.2. The first kappa shape index (κ1) is 13.6. The molecule has 4 unspecified atom stereocenters. The van der Waals surface area contributed by atoms with Crippen LogP contribution in [0.5, 0.6) is 0 Å². The predicted octanol–water partition coefficient (Wildman–Crippen LogP) is 3.98. The van der Waals surface area contributed by atoms with Gasteiger partial charge in [-0.15, -0.1) is 0 Å². The fraction of sp³-hybridized carbons (Fsp3) is 0.273. The molecule has 4 aliphatic rings. The topological polar surface area (TPSA) is 28.5 Å². The average molecular weight is 325 g/mol. The Kier molecular flexibility index (Phi) is 2.67. The van der Waals surface area contributed by atoms with Crippen LogP contribution in [0.3, 0.4) is 0 Å². The van der Waals surface area contributed by atoms with Crippen molar-refractivity contribution in [3.63, 3.8) is 0 Å². The molecule has 0 spiro atoms. The van der Waals surface area contributed by atoms with Gasteiger partial charge in [0.15, 0.2) is 0 Å². The molecule has 3 heterocycles. The van der Waals surface area contributed by atoms with Gasteiger partial charge >= 0.3 is 0 Å². The molecule has 3 heteroatoms. The van der Waals surface area contributed by atoms with Gasteiger partial charge in [0.05, 0.1) is 17.4 Å². The molecule has 0 amide bonds. The number of para-hydroxylation sites is 1. The van der Waals surface area contributed by atoms with Gasteiger partial charge in [-0.25, -0.2) is 4.99 Å². The third kappa shape index (κ3) is 1.81. The van der Waals surface area contributed by atoms with Crippen LogP contribution in [0.2, 0.25) is 0 Å². The fourth-order valence-electron chi connectivity index (χ4n) is 5.21. The third-order valence-electron chi connectivity index (χ3n) is 6.20. The van der Waals surface area contributed by atoms with E-state index in [2.05, 4.69) is 64.5 Å². The Morgan fingerprint density at radius 2 is 1.84 bits per heavy atom. The number of anilines is 1. The molecule has 1 aromatic carbocycles. The maximum Gasteiger partial charge on any atom is 0.129 e. The second kappa shape index (κ2) is 4.92. The molecule has 0 saturated heterocycles. The molecule has 2 bridgehead atoms. The van der Waals surface area contributed by atoms with Gasteiger partial charge in [0.1, 0.15) is 5.82 Å². The summed E-state index contributed by atoms with van der Waals surface area (Å²) in [7, 11) is 0. The molecular formula is C22H19N3. The minimum absolute atomic E-state index is 0.438. The third-order valence-corrected chi connectivity index (χ3v) is 6.20. The zero-order valence-electron chi connectivity index (χ0n) is 13.9. The van der Waals surface area contributed by atoms with Gasteiger partial charge < -0.3 is 4.90 Å². The lowest BCUT2D eigenvalue weighted by atomic mass is 9.80. The minimum Gasteiger partial charge on any atom is -0.322 e. The van der Waals surface area contributed by atoms with Crippen molar-refractivity contribution in [3.05, 3.63) is 84.0 Å². The molecule has 0 radical (unpaired) electrons. The summed E-state index contributed by atoms with van der Waals surface area (Å²) in [5, 5.41) is 0. The summed E-state index contributed by atoms with van der Waals surface area (Å²) in [4.78, 5) is 12.3. The number of aliphatic imine (C=N–C) groups is 1. The van der Waals surface area contributed by atoms with Gasteiger partial charge in [-0.05, 0) is 54.5 Å². The fourth-order valence-corrected chi connectivity index (χ4v) is 5.21. The van der Waals surface area contributed by atoms with Crippen molar-refractivity contribution in [2.24, 2.45) is 22.7 Å². The van der Waals surface area contributed by atoms with Crippen molar-refractivity contribution >= 4 is 11.4 Å². The van der Waals surface area contributed by atoms with E-state index in [1.165, 1.54) is 23.4 Å². The second-order valence-electron chi connectivity index (χ2n) is 7.44. The number of hydrogen-bond donors (Lipinski definition) is 0. The highest BCUT2D eigenvalue weighted by atomic mass is 15.3. The largest absolute Gasteiger partial charge is 0.322 e. The van der Waals surface area contributed by atoms with Gasteiger partial charge in [-0.2, -0.15) is 0 Å². The number of pyridine rings is 1. The highest BCUT2D eigenvalue weighted by molar-refractivity contribution is 6.04. The number of allylic oxidation sites excluding steroid dienone is 2.